The number of fused-ring (bicyclic) bond motifs is 2. The summed E-state index contributed by atoms with van der Waals surface area (Å²) < 4.78 is 0. The number of nitrogens with zero attached hydrogens (tertiary/aromatic N) is 2. The summed E-state index contributed by atoms with van der Waals surface area (Å²) in [6.07, 6.45) is 4.61. The molecule has 0 bridgehead atoms. The van der Waals surface area contributed by atoms with Crippen molar-refractivity contribution in [3.05, 3.63) is 78.6 Å². The molecule has 2 aromatic heterocycles. The molecule has 0 aliphatic carbocycles. The first-order valence-corrected chi connectivity index (χ1v) is 11.2. The Labute approximate surface area is 205 Å². The summed E-state index contributed by atoms with van der Waals surface area (Å²) >= 11 is 0. The second kappa shape index (κ2) is 8.51. The van der Waals surface area contributed by atoms with Crippen molar-refractivity contribution in [2.24, 2.45) is 0 Å². The number of rotatable bonds is 6. The van der Waals surface area contributed by atoms with E-state index >= 15 is 0 Å². The molecule has 2 atom stereocenters. The van der Waals surface area contributed by atoms with Crippen molar-refractivity contribution in [3.63, 3.8) is 0 Å². The minimum Gasteiger partial charge on any atom is -0.478 e. The van der Waals surface area contributed by atoms with Crippen LogP contribution in [0, 0.1) is 6.92 Å². The zero-order valence-electron chi connectivity index (χ0n) is 19.3. The lowest BCUT2D eigenvalue weighted by Gasteiger charge is -2.43. The molecular weight excluding hydrogens is 460 g/mol. The zero-order valence-corrected chi connectivity index (χ0v) is 19.3. The molecule has 0 spiro atoms. The van der Waals surface area contributed by atoms with E-state index in [1.165, 1.54) is 12.2 Å². The highest BCUT2D eigenvalue weighted by atomic mass is 16.4. The third-order valence-electron chi connectivity index (χ3n) is 6.18. The van der Waals surface area contributed by atoms with Crippen LogP contribution in [0.3, 0.4) is 0 Å². The van der Waals surface area contributed by atoms with Gasteiger partial charge in [-0.3, -0.25) is 9.97 Å². The van der Waals surface area contributed by atoms with Crippen LogP contribution in [0.5, 0.6) is 0 Å². The Kier molecular flexibility index (Phi) is 5.45. The fourth-order valence-electron chi connectivity index (χ4n) is 4.46. The minimum absolute atomic E-state index is 0.00200. The maximum Gasteiger partial charge on any atom is 0.348 e. The number of carboxylic acid groups (broad SMARTS) is 2. The highest BCUT2D eigenvalue weighted by Crippen LogP contribution is 2.31. The van der Waals surface area contributed by atoms with Gasteiger partial charge in [-0.25, -0.2) is 14.9 Å². The quantitative estimate of drug-likeness (QED) is 0.224. The summed E-state index contributed by atoms with van der Waals surface area (Å²) in [5.74, 6) is -2.56. The van der Waals surface area contributed by atoms with Gasteiger partial charge in [0.1, 0.15) is 0 Å². The van der Waals surface area contributed by atoms with Crippen molar-refractivity contribution < 1.29 is 19.8 Å². The number of benzene rings is 2. The van der Waals surface area contributed by atoms with Crippen molar-refractivity contribution in [1.29, 1.82) is 0 Å². The van der Waals surface area contributed by atoms with Crippen LogP contribution < -0.4 is 21.7 Å². The lowest BCUT2D eigenvalue weighted by Crippen LogP contribution is -2.72. The summed E-state index contributed by atoms with van der Waals surface area (Å²) in [5.41, 5.74) is 6.03. The standard InChI is InChI=1S/C26H24N6O4/c1-15-12-20(27)19-14-18(6-8-22(19)29-15)31-26(24(35)36)10-3-9-25(32-26,23(33)34)30-17-5-7-21-16(13-17)4-2-11-28-21/h2-8,10-14,30-32H,9H2,1H3,(H2,27,29)(H,33,34)(H,35,36). The Balaban J connectivity index is 1.51. The first kappa shape index (κ1) is 23.1. The van der Waals surface area contributed by atoms with Crippen LogP contribution in [0.2, 0.25) is 0 Å². The number of hydrogen-bond acceptors (Lipinski definition) is 8. The molecule has 0 saturated carbocycles. The lowest BCUT2D eigenvalue weighted by molar-refractivity contribution is -0.148. The van der Waals surface area contributed by atoms with Gasteiger partial charge in [0.05, 0.1) is 11.0 Å². The molecule has 2 unspecified atom stereocenters. The Morgan fingerprint density at radius 3 is 2.50 bits per heavy atom. The number of carboxylic acids is 2. The van der Waals surface area contributed by atoms with Crippen LogP contribution in [-0.2, 0) is 9.59 Å². The van der Waals surface area contributed by atoms with Gasteiger partial charge in [0.15, 0.2) is 5.66 Å². The lowest BCUT2D eigenvalue weighted by atomic mass is 9.93. The molecule has 0 radical (unpaired) electrons. The van der Waals surface area contributed by atoms with Gasteiger partial charge >= 0.3 is 11.9 Å². The van der Waals surface area contributed by atoms with Gasteiger partial charge in [0, 0.05) is 46.1 Å². The molecule has 10 nitrogen and oxygen atoms in total. The number of anilines is 3. The van der Waals surface area contributed by atoms with Crippen LogP contribution in [0.15, 0.2) is 72.9 Å². The molecule has 0 fully saturated rings. The van der Waals surface area contributed by atoms with Crippen LogP contribution in [-0.4, -0.2) is 43.4 Å². The molecular formula is C26H24N6O4. The largest absolute Gasteiger partial charge is 0.478 e. The number of aromatic nitrogens is 2. The van der Waals surface area contributed by atoms with E-state index in [2.05, 4.69) is 25.9 Å². The number of nitrogens with two attached hydrogens (primary N) is 1. The smallest absolute Gasteiger partial charge is 0.348 e. The Hall–Kier alpha value is -4.70. The van der Waals surface area contributed by atoms with E-state index in [-0.39, 0.29) is 6.42 Å². The Bertz CT molecular complexity index is 1550. The molecule has 2 aromatic carbocycles. The molecule has 7 N–H and O–H groups in total. The van der Waals surface area contributed by atoms with Gasteiger partial charge in [-0.1, -0.05) is 12.1 Å². The summed E-state index contributed by atoms with van der Waals surface area (Å²) in [7, 11) is 0. The molecule has 36 heavy (non-hydrogen) atoms. The molecule has 10 heteroatoms. The van der Waals surface area contributed by atoms with Crippen molar-refractivity contribution in [1.82, 2.24) is 15.3 Å². The van der Waals surface area contributed by atoms with Gasteiger partial charge in [-0.2, -0.15) is 0 Å². The van der Waals surface area contributed by atoms with E-state index in [0.29, 0.717) is 28.0 Å². The van der Waals surface area contributed by atoms with Crippen LogP contribution in [0.25, 0.3) is 21.8 Å². The van der Waals surface area contributed by atoms with Crippen molar-refractivity contribution in [2.75, 3.05) is 16.4 Å². The predicted molar refractivity (Wildman–Crippen MR) is 138 cm³/mol. The third kappa shape index (κ3) is 4.03. The topological polar surface area (TPSA) is 162 Å². The van der Waals surface area contributed by atoms with Gasteiger partial charge < -0.3 is 26.6 Å². The maximum atomic E-state index is 12.6. The average Bonchev–Trinajstić information content (AvgIpc) is 2.84. The predicted octanol–water partition coefficient (Wildman–Crippen LogP) is 3.31. The number of nitrogens with one attached hydrogen (secondary N) is 3. The molecule has 1 aliphatic rings. The third-order valence-corrected chi connectivity index (χ3v) is 6.18. The molecule has 182 valence electrons. The average molecular weight is 485 g/mol. The normalized spacial score (nSPS) is 21.4. The van der Waals surface area contributed by atoms with E-state index in [4.69, 9.17) is 5.73 Å². The summed E-state index contributed by atoms with van der Waals surface area (Å²) in [6, 6.07) is 15.7. The highest BCUT2D eigenvalue weighted by molar-refractivity contribution is 5.95. The first-order valence-electron chi connectivity index (χ1n) is 11.2. The SMILES string of the molecule is Cc1cc(N)c2cc(NC3(C(=O)O)C=CCC(Nc4ccc5ncccc5c4)(C(=O)O)N3)ccc2n1. The van der Waals surface area contributed by atoms with Crippen LogP contribution >= 0.6 is 0 Å². The number of carbonyl (C=O) groups is 2. The van der Waals surface area contributed by atoms with Crippen LogP contribution in [0.4, 0.5) is 17.1 Å². The minimum atomic E-state index is -1.93. The molecule has 5 rings (SSSR count). The van der Waals surface area contributed by atoms with E-state index < -0.39 is 23.3 Å². The molecule has 0 amide bonds. The molecule has 0 saturated heterocycles. The Morgan fingerprint density at radius 1 is 1.00 bits per heavy atom. The van der Waals surface area contributed by atoms with Crippen molar-refractivity contribution in [2.45, 2.75) is 24.7 Å². The second-order valence-electron chi connectivity index (χ2n) is 8.80. The molecule has 1 aliphatic heterocycles. The first-order chi connectivity index (χ1) is 17.2. The summed E-state index contributed by atoms with van der Waals surface area (Å²) in [4.78, 5) is 33.8. The number of aryl methyl sites for hydroxylation is 1. The van der Waals surface area contributed by atoms with E-state index in [1.807, 2.05) is 13.0 Å². The fraction of sp³-hybridized carbons (Fsp3) is 0.154. The Morgan fingerprint density at radius 2 is 1.75 bits per heavy atom. The molecule has 4 aromatic rings. The van der Waals surface area contributed by atoms with Crippen molar-refractivity contribution >= 4 is 50.8 Å². The summed E-state index contributed by atoms with van der Waals surface area (Å²) in [5, 5.41) is 30.7. The number of pyridine rings is 2. The van der Waals surface area contributed by atoms with Gasteiger partial charge in [0.25, 0.3) is 0 Å². The fourth-order valence-corrected chi connectivity index (χ4v) is 4.46. The van der Waals surface area contributed by atoms with Gasteiger partial charge in [-0.15, -0.1) is 0 Å². The zero-order chi connectivity index (χ0) is 25.5. The molecule has 3 heterocycles. The van der Waals surface area contributed by atoms with E-state index in [0.717, 1.165) is 16.6 Å². The second-order valence-corrected chi connectivity index (χ2v) is 8.80. The van der Waals surface area contributed by atoms with E-state index in [9.17, 15) is 19.8 Å². The number of nitrogen functional groups attached to an aromatic ring is 1. The highest BCUT2D eigenvalue weighted by Gasteiger charge is 2.51. The van der Waals surface area contributed by atoms with Gasteiger partial charge in [0.2, 0.25) is 5.66 Å². The van der Waals surface area contributed by atoms with Crippen molar-refractivity contribution in [3.8, 4) is 0 Å². The van der Waals surface area contributed by atoms with Gasteiger partial charge in [-0.05, 0) is 61.5 Å². The summed E-state index contributed by atoms with van der Waals surface area (Å²) in [6.45, 7) is 1.84. The number of aliphatic carboxylic acids is 2. The van der Waals surface area contributed by atoms with Crippen LogP contribution in [0.1, 0.15) is 12.1 Å². The maximum absolute atomic E-state index is 12.6. The van der Waals surface area contributed by atoms with E-state index in [1.54, 1.807) is 54.7 Å². The number of hydrogen-bond donors (Lipinski definition) is 6. The monoisotopic (exact) mass is 484 g/mol.